The Balaban J connectivity index is 1.36. The van der Waals surface area contributed by atoms with Crippen LogP contribution in [0.5, 0.6) is 0 Å². The molecule has 8 rings (SSSR count). The van der Waals surface area contributed by atoms with E-state index in [1.54, 1.807) is 0 Å². The summed E-state index contributed by atoms with van der Waals surface area (Å²) in [7, 11) is 0. The van der Waals surface area contributed by atoms with Gasteiger partial charge < -0.3 is 4.57 Å². The Kier molecular flexibility index (Phi) is 4.73. The molecule has 0 aliphatic rings. The molecule has 178 valence electrons. The number of hydrogen-bond acceptors (Lipinski definition) is 2. The number of rotatable bonds is 3. The maximum atomic E-state index is 4.85. The third-order valence-corrected chi connectivity index (χ3v) is 8.72. The average Bonchev–Trinajstić information content (AvgIpc) is 3.54. The molecule has 0 unspecified atom stereocenters. The number of benzene rings is 5. The summed E-state index contributed by atoms with van der Waals surface area (Å²) in [6, 6.07) is 45.6. The number of fused-ring (bicyclic) bond motifs is 6. The SMILES string of the molecule is c1ccc(-c2cccc3c2sc2c(-c4cccc(-n5c6ccccc6c6ccccc65)c4)ccnc23)cc1. The van der Waals surface area contributed by atoms with E-state index in [-0.39, 0.29) is 0 Å². The average molecular weight is 503 g/mol. The van der Waals surface area contributed by atoms with E-state index in [0.29, 0.717) is 0 Å². The zero-order chi connectivity index (χ0) is 25.1. The fraction of sp³-hybridized carbons (Fsp3) is 0. The molecule has 3 aromatic heterocycles. The van der Waals surface area contributed by atoms with E-state index < -0.39 is 0 Å². The quantitative estimate of drug-likeness (QED) is 0.235. The first-order chi connectivity index (χ1) is 18.9. The summed E-state index contributed by atoms with van der Waals surface area (Å²) in [5.41, 5.74) is 9.59. The van der Waals surface area contributed by atoms with Gasteiger partial charge in [0.15, 0.2) is 0 Å². The van der Waals surface area contributed by atoms with Crippen molar-refractivity contribution in [3.8, 4) is 27.9 Å². The van der Waals surface area contributed by atoms with Crippen molar-refractivity contribution in [2.45, 2.75) is 0 Å². The standard InChI is InChI=1S/C35H22N2S/c1-2-10-23(11-3-1)26-16-9-17-30-33-35(38-34(26)30)27(20-21-36-33)24-12-8-13-25(22-24)37-31-18-6-4-14-28(31)29-15-5-7-19-32(29)37/h1-22H. The number of hydrogen-bond donors (Lipinski definition) is 0. The highest BCUT2D eigenvalue weighted by atomic mass is 32.1. The molecular weight excluding hydrogens is 480 g/mol. The fourth-order valence-electron chi connectivity index (χ4n) is 5.76. The molecule has 0 bridgehead atoms. The molecule has 0 aliphatic carbocycles. The summed E-state index contributed by atoms with van der Waals surface area (Å²) in [5, 5.41) is 3.77. The fourth-order valence-corrected chi connectivity index (χ4v) is 7.09. The lowest BCUT2D eigenvalue weighted by molar-refractivity contribution is 1.18. The highest BCUT2D eigenvalue weighted by molar-refractivity contribution is 7.26. The van der Waals surface area contributed by atoms with E-state index in [9.17, 15) is 0 Å². The van der Waals surface area contributed by atoms with Crippen LogP contribution in [-0.4, -0.2) is 9.55 Å². The van der Waals surface area contributed by atoms with Gasteiger partial charge in [-0.1, -0.05) is 97.1 Å². The van der Waals surface area contributed by atoms with Gasteiger partial charge in [-0.25, -0.2) is 0 Å². The summed E-state index contributed by atoms with van der Waals surface area (Å²) in [6.07, 6.45) is 1.95. The zero-order valence-electron chi connectivity index (χ0n) is 20.5. The van der Waals surface area contributed by atoms with Gasteiger partial charge in [0.05, 0.1) is 21.3 Å². The second kappa shape index (κ2) is 8.41. The third kappa shape index (κ3) is 3.16. The van der Waals surface area contributed by atoms with Crippen molar-refractivity contribution in [2.75, 3.05) is 0 Å². The maximum absolute atomic E-state index is 4.85. The van der Waals surface area contributed by atoms with E-state index in [4.69, 9.17) is 4.98 Å². The molecule has 5 aromatic carbocycles. The Bertz CT molecular complexity index is 2080. The first kappa shape index (κ1) is 21.4. The predicted molar refractivity (Wildman–Crippen MR) is 162 cm³/mol. The molecule has 0 radical (unpaired) electrons. The Morgan fingerprint density at radius 3 is 1.92 bits per heavy atom. The number of aromatic nitrogens is 2. The minimum Gasteiger partial charge on any atom is -0.309 e. The van der Waals surface area contributed by atoms with Crippen molar-refractivity contribution in [1.82, 2.24) is 9.55 Å². The van der Waals surface area contributed by atoms with Gasteiger partial charge in [-0.05, 0) is 47.0 Å². The van der Waals surface area contributed by atoms with Crippen LogP contribution >= 0.6 is 11.3 Å². The third-order valence-electron chi connectivity index (χ3n) is 7.46. The van der Waals surface area contributed by atoms with Gasteiger partial charge in [-0.15, -0.1) is 11.3 Å². The molecule has 0 atom stereocenters. The lowest BCUT2D eigenvalue weighted by Gasteiger charge is -2.10. The number of pyridine rings is 1. The predicted octanol–water partition coefficient (Wildman–Crippen LogP) is 9.88. The summed E-state index contributed by atoms with van der Waals surface area (Å²) in [6.45, 7) is 0. The number of thiophene rings is 1. The van der Waals surface area contributed by atoms with Gasteiger partial charge in [0.2, 0.25) is 0 Å². The van der Waals surface area contributed by atoms with E-state index in [0.717, 1.165) is 11.2 Å². The smallest absolute Gasteiger partial charge is 0.0894 e. The topological polar surface area (TPSA) is 17.8 Å². The van der Waals surface area contributed by atoms with E-state index in [1.807, 2.05) is 17.5 Å². The normalized spacial score (nSPS) is 11.7. The monoisotopic (exact) mass is 502 g/mol. The Morgan fingerprint density at radius 1 is 0.500 bits per heavy atom. The van der Waals surface area contributed by atoms with Crippen LogP contribution in [0.3, 0.4) is 0 Å². The molecule has 3 heteroatoms. The van der Waals surface area contributed by atoms with Gasteiger partial charge in [0.1, 0.15) is 0 Å². The molecule has 0 aliphatic heterocycles. The van der Waals surface area contributed by atoms with Gasteiger partial charge in [-0.2, -0.15) is 0 Å². The van der Waals surface area contributed by atoms with Crippen LogP contribution in [-0.2, 0) is 0 Å². The Labute approximate surface area is 224 Å². The second-order valence-corrected chi connectivity index (χ2v) is 10.6. The summed E-state index contributed by atoms with van der Waals surface area (Å²) in [5.74, 6) is 0. The first-order valence-corrected chi connectivity index (χ1v) is 13.6. The number of para-hydroxylation sites is 2. The summed E-state index contributed by atoms with van der Waals surface area (Å²) < 4.78 is 4.89. The second-order valence-electron chi connectivity index (χ2n) is 9.61. The van der Waals surface area contributed by atoms with E-state index in [2.05, 4.69) is 132 Å². The lowest BCUT2D eigenvalue weighted by atomic mass is 10.0. The molecule has 0 spiro atoms. The Hall–Kier alpha value is -4.73. The first-order valence-electron chi connectivity index (χ1n) is 12.8. The molecule has 0 fully saturated rings. The molecule has 2 nitrogen and oxygen atoms in total. The van der Waals surface area contributed by atoms with Crippen molar-refractivity contribution in [2.24, 2.45) is 0 Å². The summed E-state index contributed by atoms with van der Waals surface area (Å²) in [4.78, 5) is 4.85. The highest BCUT2D eigenvalue weighted by Crippen LogP contribution is 2.43. The van der Waals surface area contributed by atoms with Crippen LogP contribution in [0, 0.1) is 0 Å². The van der Waals surface area contributed by atoms with Gasteiger partial charge in [0, 0.05) is 38.3 Å². The minimum atomic E-state index is 1.07. The van der Waals surface area contributed by atoms with Crippen molar-refractivity contribution < 1.29 is 0 Å². The van der Waals surface area contributed by atoms with Crippen LogP contribution in [0.4, 0.5) is 0 Å². The molecule has 0 amide bonds. The molecule has 38 heavy (non-hydrogen) atoms. The van der Waals surface area contributed by atoms with Crippen molar-refractivity contribution in [1.29, 1.82) is 0 Å². The molecule has 3 heterocycles. The van der Waals surface area contributed by atoms with Crippen molar-refractivity contribution in [3.63, 3.8) is 0 Å². The van der Waals surface area contributed by atoms with Crippen LogP contribution in [0.15, 0.2) is 134 Å². The van der Waals surface area contributed by atoms with Crippen LogP contribution in [0.25, 0.3) is 70.0 Å². The van der Waals surface area contributed by atoms with E-state index in [1.165, 1.54) is 58.8 Å². The molecule has 0 N–H and O–H groups in total. The van der Waals surface area contributed by atoms with Crippen molar-refractivity contribution in [3.05, 3.63) is 134 Å². The van der Waals surface area contributed by atoms with Gasteiger partial charge in [0.25, 0.3) is 0 Å². The molecular formula is C35H22N2S. The van der Waals surface area contributed by atoms with E-state index >= 15 is 0 Å². The largest absolute Gasteiger partial charge is 0.309 e. The molecule has 8 aromatic rings. The van der Waals surface area contributed by atoms with Crippen LogP contribution in [0.2, 0.25) is 0 Å². The lowest BCUT2D eigenvalue weighted by Crippen LogP contribution is -1.94. The van der Waals surface area contributed by atoms with Crippen molar-refractivity contribution >= 4 is 53.4 Å². The minimum absolute atomic E-state index is 1.07. The molecule has 0 saturated carbocycles. The summed E-state index contributed by atoms with van der Waals surface area (Å²) >= 11 is 1.84. The van der Waals surface area contributed by atoms with Crippen LogP contribution < -0.4 is 0 Å². The van der Waals surface area contributed by atoms with Gasteiger partial charge in [-0.3, -0.25) is 4.98 Å². The molecule has 0 saturated heterocycles. The Morgan fingerprint density at radius 2 is 1.13 bits per heavy atom. The van der Waals surface area contributed by atoms with Gasteiger partial charge >= 0.3 is 0 Å². The highest BCUT2D eigenvalue weighted by Gasteiger charge is 2.16. The zero-order valence-corrected chi connectivity index (χ0v) is 21.3. The number of nitrogens with zero attached hydrogens (tertiary/aromatic N) is 2. The maximum Gasteiger partial charge on any atom is 0.0894 e. The van der Waals surface area contributed by atoms with Crippen LogP contribution in [0.1, 0.15) is 0 Å².